The van der Waals surface area contributed by atoms with E-state index < -0.39 is 5.97 Å². The molecule has 106 valence electrons. The topological polar surface area (TPSA) is 59.7 Å². The minimum atomic E-state index is -1.05. The first kappa shape index (κ1) is 13.2. The molecule has 1 heterocycles. The second kappa shape index (κ2) is 5.28. The van der Waals surface area contributed by atoms with E-state index in [1.807, 2.05) is 0 Å². The van der Waals surface area contributed by atoms with E-state index in [2.05, 4.69) is 0 Å². The molecule has 0 unspecified atom stereocenters. The van der Waals surface area contributed by atoms with Crippen molar-refractivity contribution in [2.24, 2.45) is 0 Å². The third-order valence-corrected chi connectivity index (χ3v) is 3.10. The monoisotopic (exact) mass is 286 g/mol. The highest BCUT2D eigenvalue weighted by molar-refractivity contribution is 6.01. The van der Waals surface area contributed by atoms with E-state index in [-0.39, 0.29) is 18.0 Å². The van der Waals surface area contributed by atoms with Crippen molar-refractivity contribution in [2.75, 3.05) is 0 Å². The summed E-state index contributed by atoms with van der Waals surface area (Å²) in [7, 11) is 0. The van der Waals surface area contributed by atoms with Crippen LogP contribution >= 0.6 is 0 Å². The van der Waals surface area contributed by atoms with Crippen LogP contribution < -0.4 is 4.74 Å². The van der Waals surface area contributed by atoms with E-state index in [0.717, 1.165) is 0 Å². The average molecular weight is 286 g/mol. The molecule has 0 aliphatic rings. The number of carboxylic acid groups (broad SMARTS) is 1. The number of ether oxygens (including phenoxy) is 1. The lowest BCUT2D eigenvalue weighted by atomic mass is 10.1. The number of carboxylic acids is 1. The maximum Gasteiger partial charge on any atom is 0.339 e. The molecule has 4 nitrogen and oxygen atoms in total. The summed E-state index contributed by atoms with van der Waals surface area (Å²) in [5.41, 5.74) is 1.12. The molecule has 0 saturated heterocycles. The summed E-state index contributed by atoms with van der Waals surface area (Å²) in [5.74, 6) is -1.02. The zero-order chi connectivity index (χ0) is 14.8. The summed E-state index contributed by atoms with van der Waals surface area (Å²) >= 11 is 0. The van der Waals surface area contributed by atoms with Gasteiger partial charge in [0.15, 0.2) is 0 Å². The maximum absolute atomic E-state index is 13.1. The van der Waals surface area contributed by atoms with Crippen LogP contribution in [0.25, 0.3) is 11.0 Å². The average Bonchev–Trinajstić information content (AvgIpc) is 2.88. The second-order valence-corrected chi connectivity index (χ2v) is 4.49. The number of benzene rings is 2. The van der Waals surface area contributed by atoms with Crippen LogP contribution in [0.15, 0.2) is 53.1 Å². The first-order valence-corrected chi connectivity index (χ1v) is 6.26. The van der Waals surface area contributed by atoms with Gasteiger partial charge in [-0.25, -0.2) is 9.18 Å². The fourth-order valence-corrected chi connectivity index (χ4v) is 2.11. The van der Waals surface area contributed by atoms with E-state index in [4.69, 9.17) is 14.3 Å². The molecule has 3 rings (SSSR count). The molecule has 0 atom stereocenters. The first-order valence-electron chi connectivity index (χ1n) is 6.26. The maximum atomic E-state index is 13.1. The van der Waals surface area contributed by atoms with Gasteiger partial charge < -0.3 is 14.3 Å². The van der Waals surface area contributed by atoms with Gasteiger partial charge in [-0.05, 0) is 18.2 Å². The quantitative estimate of drug-likeness (QED) is 0.791. The van der Waals surface area contributed by atoms with Crippen LogP contribution in [0.2, 0.25) is 0 Å². The molecule has 0 radical (unpaired) electrons. The largest absolute Gasteiger partial charge is 0.489 e. The van der Waals surface area contributed by atoms with Crippen molar-refractivity contribution in [2.45, 2.75) is 6.61 Å². The van der Waals surface area contributed by atoms with Gasteiger partial charge >= 0.3 is 5.97 Å². The number of halogens is 1. The minimum Gasteiger partial charge on any atom is -0.489 e. The molecule has 5 heteroatoms. The lowest BCUT2D eigenvalue weighted by molar-refractivity contribution is 0.0698. The molecule has 0 bridgehead atoms. The highest BCUT2D eigenvalue weighted by atomic mass is 19.1. The molecule has 0 aliphatic carbocycles. The summed E-state index contributed by atoms with van der Waals surface area (Å²) in [4.78, 5) is 11.1. The predicted octanol–water partition coefficient (Wildman–Crippen LogP) is 3.85. The van der Waals surface area contributed by atoms with E-state index in [1.165, 1.54) is 24.5 Å². The number of hydrogen-bond donors (Lipinski definition) is 1. The number of rotatable bonds is 4. The van der Waals surface area contributed by atoms with Crippen molar-refractivity contribution in [3.05, 3.63) is 65.7 Å². The van der Waals surface area contributed by atoms with Crippen LogP contribution in [-0.4, -0.2) is 11.1 Å². The van der Waals surface area contributed by atoms with Gasteiger partial charge in [-0.3, -0.25) is 0 Å². The Bertz CT molecular complexity index is 807. The summed E-state index contributed by atoms with van der Waals surface area (Å²) in [6.07, 6.45) is 1.45. The molecular weight excluding hydrogens is 275 g/mol. The van der Waals surface area contributed by atoms with Crippen LogP contribution in [0, 0.1) is 5.82 Å². The van der Waals surface area contributed by atoms with Crippen molar-refractivity contribution in [3.8, 4) is 5.75 Å². The zero-order valence-corrected chi connectivity index (χ0v) is 10.9. The molecule has 0 saturated carbocycles. The highest BCUT2D eigenvalue weighted by Gasteiger charge is 2.14. The predicted molar refractivity (Wildman–Crippen MR) is 73.9 cm³/mol. The van der Waals surface area contributed by atoms with E-state index in [0.29, 0.717) is 22.3 Å². The summed E-state index contributed by atoms with van der Waals surface area (Å²) < 4.78 is 23.9. The molecule has 1 aromatic heterocycles. The smallest absolute Gasteiger partial charge is 0.339 e. The Morgan fingerprint density at radius 1 is 1.24 bits per heavy atom. The highest BCUT2D eigenvalue weighted by Crippen LogP contribution is 2.26. The molecule has 0 spiro atoms. The zero-order valence-electron chi connectivity index (χ0n) is 10.9. The van der Waals surface area contributed by atoms with E-state index in [1.54, 1.807) is 24.3 Å². The number of para-hydroxylation sites is 1. The van der Waals surface area contributed by atoms with Crippen molar-refractivity contribution in [1.29, 1.82) is 0 Å². The SMILES string of the molecule is O=C(O)c1cccc2c(COc3cccc(F)c3)coc12. The number of carbonyl (C=O) groups is 1. The molecule has 21 heavy (non-hydrogen) atoms. The number of fused-ring (bicyclic) bond motifs is 1. The van der Waals surface area contributed by atoms with Gasteiger partial charge in [0.1, 0.15) is 29.3 Å². The number of hydrogen-bond acceptors (Lipinski definition) is 3. The lowest BCUT2D eigenvalue weighted by Gasteiger charge is -2.04. The van der Waals surface area contributed by atoms with Crippen molar-refractivity contribution in [1.82, 2.24) is 0 Å². The van der Waals surface area contributed by atoms with Gasteiger partial charge in [-0.15, -0.1) is 0 Å². The van der Waals surface area contributed by atoms with Crippen molar-refractivity contribution >= 4 is 16.9 Å². The van der Waals surface area contributed by atoms with Crippen LogP contribution in [-0.2, 0) is 6.61 Å². The Hall–Kier alpha value is -2.82. The Kier molecular flexibility index (Phi) is 3.31. The standard InChI is InChI=1S/C16H11FO4/c17-11-3-1-4-12(7-11)20-8-10-9-21-15-13(10)5-2-6-14(15)16(18)19/h1-7,9H,8H2,(H,18,19). The number of furan rings is 1. The minimum absolute atomic E-state index is 0.101. The van der Waals surface area contributed by atoms with Crippen LogP contribution in [0.4, 0.5) is 4.39 Å². The molecular formula is C16H11FO4. The normalized spacial score (nSPS) is 10.7. The van der Waals surface area contributed by atoms with Crippen LogP contribution in [0.5, 0.6) is 5.75 Å². The van der Waals surface area contributed by atoms with E-state index >= 15 is 0 Å². The van der Waals surface area contributed by atoms with Crippen molar-refractivity contribution < 1.29 is 23.4 Å². The summed E-state index contributed by atoms with van der Waals surface area (Å²) in [6, 6.07) is 10.7. The molecule has 0 fully saturated rings. The van der Waals surface area contributed by atoms with Gasteiger partial charge in [-0.2, -0.15) is 0 Å². The molecule has 0 aliphatic heterocycles. The van der Waals surface area contributed by atoms with Gasteiger partial charge in [0.05, 0.1) is 6.26 Å². The fourth-order valence-electron chi connectivity index (χ4n) is 2.11. The summed E-state index contributed by atoms with van der Waals surface area (Å²) in [5, 5.41) is 9.77. The molecule has 0 amide bonds. The Balaban J connectivity index is 1.88. The lowest BCUT2D eigenvalue weighted by Crippen LogP contribution is -1.97. The van der Waals surface area contributed by atoms with Crippen LogP contribution in [0.1, 0.15) is 15.9 Å². The number of aromatic carboxylic acids is 1. The fraction of sp³-hybridized carbons (Fsp3) is 0.0625. The Morgan fingerprint density at radius 2 is 2.05 bits per heavy atom. The van der Waals surface area contributed by atoms with Gasteiger partial charge in [0, 0.05) is 17.0 Å². The third-order valence-electron chi connectivity index (χ3n) is 3.10. The van der Waals surface area contributed by atoms with Gasteiger partial charge in [0.25, 0.3) is 0 Å². The Morgan fingerprint density at radius 3 is 2.81 bits per heavy atom. The van der Waals surface area contributed by atoms with E-state index in [9.17, 15) is 9.18 Å². The second-order valence-electron chi connectivity index (χ2n) is 4.49. The van der Waals surface area contributed by atoms with Gasteiger partial charge in [0.2, 0.25) is 0 Å². The van der Waals surface area contributed by atoms with Crippen LogP contribution in [0.3, 0.4) is 0 Å². The van der Waals surface area contributed by atoms with Crippen molar-refractivity contribution in [3.63, 3.8) is 0 Å². The molecule has 1 N–H and O–H groups in total. The molecule has 3 aromatic rings. The Labute approximate surface area is 119 Å². The first-order chi connectivity index (χ1) is 10.1. The summed E-state index contributed by atoms with van der Waals surface area (Å²) in [6.45, 7) is 0.166. The van der Waals surface area contributed by atoms with Gasteiger partial charge in [-0.1, -0.05) is 18.2 Å². The third kappa shape index (κ3) is 2.58. The molecule has 2 aromatic carbocycles.